The van der Waals surface area contributed by atoms with E-state index in [1.165, 1.54) is 29.1 Å². The molecule has 1 heterocycles. The molecule has 0 aromatic heterocycles. The second-order valence-corrected chi connectivity index (χ2v) is 7.72. The van der Waals surface area contributed by atoms with Gasteiger partial charge >= 0.3 is 16.5 Å². The Labute approximate surface area is 121 Å². The SMILES string of the molecule is [AlH2][CH]1CCOCCOCC[N]([AlH2])CCOCC1. The van der Waals surface area contributed by atoms with Crippen LogP contribution in [0.2, 0.25) is 4.78 Å². The van der Waals surface area contributed by atoms with Crippen LogP contribution in [0, 0.1) is 0 Å². The lowest BCUT2D eigenvalue weighted by Gasteiger charge is -2.17. The fraction of sp³-hybridized carbons (Fsp3) is 1.00. The molecule has 0 amide bonds. The summed E-state index contributed by atoms with van der Waals surface area (Å²) in [6.45, 7) is 7.04. The first-order valence-corrected chi connectivity index (χ1v) is 8.75. The Balaban J connectivity index is 2.19. The zero-order valence-corrected chi connectivity index (χ0v) is 15.3. The predicted molar refractivity (Wildman–Crippen MR) is 74.1 cm³/mol. The van der Waals surface area contributed by atoms with Gasteiger partial charge in [0.05, 0.1) is 26.4 Å². The van der Waals surface area contributed by atoms with Gasteiger partial charge in [-0.15, -0.1) is 0 Å². The van der Waals surface area contributed by atoms with E-state index in [9.17, 15) is 0 Å². The molecule has 0 saturated carbocycles. The summed E-state index contributed by atoms with van der Waals surface area (Å²) in [4.78, 5) is 0. The summed E-state index contributed by atoms with van der Waals surface area (Å²) in [5, 5.41) is 0. The Morgan fingerprint density at radius 1 is 0.765 bits per heavy atom. The molecule has 0 radical (unpaired) electrons. The quantitative estimate of drug-likeness (QED) is 0.535. The van der Waals surface area contributed by atoms with Gasteiger partial charge < -0.3 is 18.1 Å². The molecule has 0 spiro atoms. The molecule has 1 unspecified atom stereocenters. The lowest BCUT2D eigenvalue weighted by atomic mass is 10.2. The van der Waals surface area contributed by atoms with Crippen molar-refractivity contribution in [2.45, 2.75) is 17.6 Å². The molecule has 1 aliphatic rings. The lowest BCUT2D eigenvalue weighted by Crippen LogP contribution is -2.29. The molecule has 1 saturated heterocycles. The smallest absolute Gasteiger partial charge is 0.322 e. The number of nitrogens with zero attached hydrogens (tertiary/aromatic N) is 1. The number of hydrogen-bond acceptors (Lipinski definition) is 4. The third-order valence-electron chi connectivity index (χ3n) is 3.12. The van der Waals surface area contributed by atoms with Crippen molar-refractivity contribution in [3.8, 4) is 0 Å². The topological polar surface area (TPSA) is 30.9 Å². The van der Waals surface area contributed by atoms with Crippen LogP contribution >= 0.6 is 0 Å². The largest absolute Gasteiger partial charge is 0.387 e. The summed E-state index contributed by atoms with van der Waals surface area (Å²) in [6.07, 6.45) is 2.38. The summed E-state index contributed by atoms with van der Waals surface area (Å²) in [6, 6.07) is 0. The Bertz CT molecular complexity index is 168. The van der Waals surface area contributed by atoms with Gasteiger partial charge in [0.2, 0.25) is 16.3 Å². The maximum Gasteiger partial charge on any atom is 0.322 e. The summed E-state index contributed by atoms with van der Waals surface area (Å²) >= 11 is 2.33. The van der Waals surface area contributed by atoms with E-state index in [0.29, 0.717) is 0 Å². The highest BCUT2D eigenvalue weighted by Crippen LogP contribution is 2.10. The molecule has 0 aromatic carbocycles. The fourth-order valence-electron chi connectivity index (χ4n) is 1.69. The van der Waals surface area contributed by atoms with Crippen molar-refractivity contribution in [1.29, 1.82) is 0 Å². The molecular formula is C11H25Al2NO3. The number of hydrogen-bond donors (Lipinski definition) is 0. The van der Waals surface area contributed by atoms with Crippen LogP contribution in [0.4, 0.5) is 0 Å². The standard InChI is InChI=1S/C11H21NO3.2Al.4H/c1-2-6-13-8-4-12-5-9-15-11-10-14-7-3-1;;;;;;/h1H,2-11H2;;;;;;/q-1;;+1;;;;. The molecule has 0 bridgehead atoms. The number of rotatable bonds is 0. The Morgan fingerprint density at radius 2 is 1.24 bits per heavy atom. The Kier molecular flexibility index (Phi) is 10.1. The molecular weight excluding hydrogens is 248 g/mol. The van der Waals surface area contributed by atoms with Crippen molar-refractivity contribution in [3.63, 3.8) is 0 Å². The second-order valence-electron chi connectivity index (χ2n) is 4.82. The van der Waals surface area contributed by atoms with Crippen LogP contribution < -0.4 is 0 Å². The average molecular weight is 273 g/mol. The lowest BCUT2D eigenvalue weighted by molar-refractivity contribution is 0.0434. The molecule has 1 aliphatic heterocycles. The molecule has 0 aromatic rings. The van der Waals surface area contributed by atoms with Crippen LogP contribution in [0.3, 0.4) is 0 Å². The minimum absolute atomic E-state index is 0.734. The van der Waals surface area contributed by atoms with Gasteiger partial charge in [-0.2, -0.15) is 0 Å². The molecule has 98 valence electrons. The molecule has 6 heteroatoms. The normalized spacial score (nSPS) is 28.1. The third kappa shape index (κ3) is 9.48. The third-order valence-corrected chi connectivity index (χ3v) is 5.17. The first-order valence-electron chi connectivity index (χ1n) is 6.71. The maximum atomic E-state index is 5.67. The van der Waals surface area contributed by atoms with Gasteiger partial charge in [0.1, 0.15) is 0 Å². The maximum absolute atomic E-state index is 5.67. The van der Waals surface area contributed by atoms with Crippen molar-refractivity contribution in [3.05, 3.63) is 0 Å². The highest BCUT2D eigenvalue weighted by atomic mass is 27.1. The molecule has 0 N–H and O–H groups in total. The average Bonchev–Trinajstić information content (AvgIpc) is 2.31. The van der Waals surface area contributed by atoms with Gasteiger partial charge in [0.25, 0.3) is 0 Å². The first-order chi connectivity index (χ1) is 8.29. The van der Waals surface area contributed by atoms with Crippen LogP contribution in [0.1, 0.15) is 12.8 Å². The van der Waals surface area contributed by atoms with E-state index in [1.807, 2.05) is 0 Å². The van der Waals surface area contributed by atoms with E-state index in [-0.39, 0.29) is 0 Å². The van der Waals surface area contributed by atoms with Crippen LogP contribution in [0.25, 0.3) is 0 Å². The van der Waals surface area contributed by atoms with Crippen LogP contribution in [-0.2, 0) is 14.2 Å². The van der Waals surface area contributed by atoms with Crippen molar-refractivity contribution >= 4 is 32.8 Å². The molecule has 1 fully saturated rings. The summed E-state index contributed by atoms with van der Waals surface area (Å²) in [5.41, 5.74) is 0. The zero-order valence-electron chi connectivity index (χ0n) is 11.3. The molecule has 0 aliphatic carbocycles. The van der Waals surface area contributed by atoms with Crippen molar-refractivity contribution in [1.82, 2.24) is 3.88 Å². The van der Waals surface area contributed by atoms with Crippen LogP contribution in [0.5, 0.6) is 0 Å². The highest BCUT2D eigenvalue weighted by Gasteiger charge is 2.04. The van der Waals surface area contributed by atoms with Crippen molar-refractivity contribution in [2.24, 2.45) is 0 Å². The summed E-state index contributed by atoms with van der Waals surface area (Å²) < 4.78 is 20.0. The zero-order chi connectivity index (χ0) is 12.3. The predicted octanol–water partition coefficient (Wildman–Crippen LogP) is -0.898. The van der Waals surface area contributed by atoms with Crippen LogP contribution in [0.15, 0.2) is 0 Å². The molecule has 4 nitrogen and oxygen atoms in total. The molecule has 1 atom stereocenters. The van der Waals surface area contributed by atoms with Gasteiger partial charge in [-0.1, -0.05) is 4.78 Å². The van der Waals surface area contributed by atoms with E-state index in [1.54, 1.807) is 0 Å². The molecule has 1 rings (SSSR count). The fourth-order valence-corrected chi connectivity index (χ4v) is 2.53. The second kappa shape index (κ2) is 10.8. The molecule has 17 heavy (non-hydrogen) atoms. The summed E-state index contributed by atoms with van der Waals surface area (Å²) in [7, 11) is 0. The van der Waals surface area contributed by atoms with Gasteiger partial charge in [0, 0.05) is 26.3 Å². The van der Waals surface area contributed by atoms with E-state index in [2.05, 4.69) is 3.88 Å². The monoisotopic (exact) mass is 273 g/mol. The van der Waals surface area contributed by atoms with Gasteiger partial charge in [0.15, 0.2) is 0 Å². The van der Waals surface area contributed by atoms with Gasteiger partial charge in [-0.3, -0.25) is 0 Å². The van der Waals surface area contributed by atoms with Crippen molar-refractivity contribution < 1.29 is 14.2 Å². The first kappa shape index (κ1) is 16.0. The van der Waals surface area contributed by atoms with Gasteiger partial charge in [-0.25, -0.2) is 0 Å². The Hall–Kier alpha value is 0.905. The minimum Gasteiger partial charge on any atom is -0.387 e. The summed E-state index contributed by atoms with van der Waals surface area (Å²) in [5.74, 6) is 0. The highest BCUT2D eigenvalue weighted by molar-refractivity contribution is 6.11. The minimum atomic E-state index is 0.734. The van der Waals surface area contributed by atoms with E-state index < -0.39 is 0 Å². The van der Waals surface area contributed by atoms with E-state index in [4.69, 9.17) is 14.2 Å². The van der Waals surface area contributed by atoms with Crippen molar-refractivity contribution in [2.75, 3.05) is 52.7 Å². The van der Waals surface area contributed by atoms with Gasteiger partial charge in [-0.05, 0) is 12.8 Å². The van der Waals surface area contributed by atoms with E-state index >= 15 is 0 Å². The Morgan fingerprint density at radius 3 is 1.82 bits per heavy atom. The van der Waals surface area contributed by atoms with Crippen LogP contribution in [-0.4, -0.2) is 89.4 Å². The number of ether oxygens (including phenoxy) is 3. The van der Waals surface area contributed by atoms with E-state index in [0.717, 1.165) is 74.0 Å².